The first-order chi connectivity index (χ1) is 7.95. The maximum Gasteiger partial charge on any atom is 0.234 e. The Morgan fingerprint density at radius 3 is 2.76 bits per heavy atom. The van der Waals surface area contributed by atoms with Crippen LogP contribution in [0.15, 0.2) is 22.7 Å². The minimum absolute atomic E-state index is 0.202. The lowest BCUT2D eigenvalue weighted by molar-refractivity contribution is -0.118. The largest absolute Gasteiger partial charge is 0.393 e. The van der Waals surface area contributed by atoms with Crippen molar-refractivity contribution >= 4 is 56.3 Å². The van der Waals surface area contributed by atoms with Gasteiger partial charge in [0.1, 0.15) is 0 Å². The average molecular weight is 336 g/mol. The van der Waals surface area contributed by atoms with E-state index in [0.717, 1.165) is 4.47 Å². The maximum absolute atomic E-state index is 11.8. The Hall–Kier alpha value is -0.650. The van der Waals surface area contributed by atoms with Gasteiger partial charge in [-0.3, -0.25) is 4.79 Å². The molecule has 0 aromatic heterocycles. The van der Waals surface area contributed by atoms with E-state index >= 15 is 0 Å². The molecule has 0 aliphatic carbocycles. The van der Waals surface area contributed by atoms with Gasteiger partial charge in [0.15, 0.2) is 0 Å². The Morgan fingerprint density at radius 1 is 1.65 bits per heavy atom. The Morgan fingerprint density at radius 2 is 2.29 bits per heavy atom. The zero-order valence-electron chi connectivity index (χ0n) is 9.17. The van der Waals surface area contributed by atoms with Gasteiger partial charge in [-0.2, -0.15) is 0 Å². The number of nitrogens with two attached hydrogens (primary N) is 1. The number of carbonyl (C=O) groups excluding carboxylic acids is 1. The van der Waals surface area contributed by atoms with Gasteiger partial charge in [0.25, 0.3) is 0 Å². The summed E-state index contributed by atoms with van der Waals surface area (Å²) < 4.78 is 0.776. The van der Waals surface area contributed by atoms with Gasteiger partial charge in [-0.15, -0.1) is 0 Å². The predicted octanol–water partition coefficient (Wildman–Crippen LogP) is 3.35. The van der Waals surface area contributed by atoms with Crippen molar-refractivity contribution in [2.45, 2.75) is 13.3 Å². The Labute approximate surface area is 119 Å². The van der Waals surface area contributed by atoms with E-state index < -0.39 is 5.92 Å². The third-order valence-corrected chi connectivity index (χ3v) is 3.77. The molecular weight excluding hydrogens is 324 g/mol. The number of amides is 1. The van der Waals surface area contributed by atoms with Crippen molar-refractivity contribution in [1.82, 2.24) is 0 Å². The summed E-state index contributed by atoms with van der Waals surface area (Å²) in [7, 11) is 0. The summed E-state index contributed by atoms with van der Waals surface area (Å²) in [5.74, 6) is -0.661. The summed E-state index contributed by atoms with van der Waals surface area (Å²) in [6.45, 7) is 1.86. The van der Waals surface area contributed by atoms with Crippen LogP contribution in [0.1, 0.15) is 13.3 Å². The van der Waals surface area contributed by atoms with E-state index in [9.17, 15) is 4.79 Å². The number of rotatable bonds is 4. The lowest BCUT2D eigenvalue weighted by atomic mass is 10.1. The molecule has 0 radical (unpaired) electrons. The molecule has 1 aromatic carbocycles. The standard InChI is InChI=1S/C11H12BrClN2OS/c1-2-7(10(14)17)11(16)15-6-3-4-8(12)9(13)5-6/h3-5,7H,2H2,1H3,(H2,14,17)(H,15,16). The number of thiocarbonyl (C=S) groups is 1. The molecule has 1 unspecified atom stereocenters. The second-order valence-corrected chi connectivity index (χ2v) is 5.21. The van der Waals surface area contributed by atoms with Gasteiger partial charge in [0.05, 0.1) is 15.9 Å². The number of anilines is 1. The van der Waals surface area contributed by atoms with E-state index in [2.05, 4.69) is 21.2 Å². The molecule has 0 spiro atoms. The third-order valence-electron chi connectivity index (χ3n) is 2.26. The van der Waals surface area contributed by atoms with Gasteiger partial charge < -0.3 is 11.1 Å². The molecule has 6 heteroatoms. The van der Waals surface area contributed by atoms with Crippen LogP contribution in [0.3, 0.4) is 0 Å². The molecule has 0 fully saturated rings. The molecule has 92 valence electrons. The Kier molecular flexibility index (Phi) is 5.36. The van der Waals surface area contributed by atoms with E-state index in [1.165, 1.54) is 0 Å². The second kappa shape index (κ2) is 6.33. The van der Waals surface area contributed by atoms with E-state index in [4.69, 9.17) is 29.6 Å². The maximum atomic E-state index is 11.8. The van der Waals surface area contributed by atoms with Gasteiger partial charge in [0.2, 0.25) is 5.91 Å². The molecule has 0 saturated heterocycles. The number of halogens is 2. The number of nitrogens with one attached hydrogen (secondary N) is 1. The third kappa shape index (κ3) is 3.94. The van der Waals surface area contributed by atoms with Crippen LogP contribution in [-0.4, -0.2) is 10.9 Å². The van der Waals surface area contributed by atoms with Crippen LogP contribution in [0.25, 0.3) is 0 Å². The highest BCUT2D eigenvalue weighted by Crippen LogP contribution is 2.25. The zero-order chi connectivity index (χ0) is 13.0. The van der Waals surface area contributed by atoms with Gasteiger partial charge >= 0.3 is 0 Å². The van der Waals surface area contributed by atoms with Crippen LogP contribution in [-0.2, 0) is 4.79 Å². The molecule has 1 rings (SSSR count). The number of hydrogen-bond acceptors (Lipinski definition) is 2. The first-order valence-electron chi connectivity index (χ1n) is 5.01. The van der Waals surface area contributed by atoms with Gasteiger partial charge in [-0.05, 0) is 40.5 Å². The fourth-order valence-electron chi connectivity index (χ4n) is 1.32. The van der Waals surface area contributed by atoms with E-state index in [0.29, 0.717) is 17.1 Å². The minimum atomic E-state index is -0.451. The zero-order valence-corrected chi connectivity index (χ0v) is 12.3. The molecule has 17 heavy (non-hydrogen) atoms. The molecule has 1 amide bonds. The molecule has 3 N–H and O–H groups in total. The van der Waals surface area contributed by atoms with Crippen LogP contribution in [0, 0.1) is 5.92 Å². The summed E-state index contributed by atoms with van der Waals surface area (Å²) in [5, 5.41) is 3.26. The first-order valence-corrected chi connectivity index (χ1v) is 6.58. The molecule has 0 heterocycles. The fourth-order valence-corrected chi connectivity index (χ4v) is 2.02. The highest BCUT2D eigenvalue weighted by atomic mass is 79.9. The van der Waals surface area contributed by atoms with Crippen molar-refractivity contribution in [3.05, 3.63) is 27.7 Å². The normalized spacial score (nSPS) is 11.9. The van der Waals surface area contributed by atoms with E-state index in [1.54, 1.807) is 18.2 Å². The van der Waals surface area contributed by atoms with E-state index in [-0.39, 0.29) is 10.9 Å². The van der Waals surface area contributed by atoms with Crippen molar-refractivity contribution in [3.63, 3.8) is 0 Å². The molecule has 0 aliphatic rings. The Balaban J connectivity index is 2.80. The second-order valence-electron chi connectivity index (χ2n) is 3.48. The van der Waals surface area contributed by atoms with Crippen LogP contribution in [0.2, 0.25) is 5.02 Å². The van der Waals surface area contributed by atoms with E-state index in [1.807, 2.05) is 6.92 Å². The SMILES string of the molecule is CCC(C(=O)Nc1ccc(Br)c(Cl)c1)C(N)=S. The molecular formula is C11H12BrClN2OS. The lowest BCUT2D eigenvalue weighted by Crippen LogP contribution is -2.32. The number of hydrogen-bond donors (Lipinski definition) is 2. The quantitative estimate of drug-likeness (QED) is 0.830. The van der Waals surface area contributed by atoms with Gasteiger partial charge in [-0.1, -0.05) is 30.7 Å². The topological polar surface area (TPSA) is 55.1 Å². The number of benzene rings is 1. The van der Waals surface area contributed by atoms with Crippen molar-refractivity contribution < 1.29 is 4.79 Å². The van der Waals surface area contributed by atoms with Crippen LogP contribution >= 0.6 is 39.7 Å². The van der Waals surface area contributed by atoms with Crippen molar-refractivity contribution in [3.8, 4) is 0 Å². The van der Waals surface area contributed by atoms with Crippen LogP contribution in [0.4, 0.5) is 5.69 Å². The smallest absolute Gasteiger partial charge is 0.234 e. The molecule has 0 saturated carbocycles. The van der Waals surface area contributed by atoms with Crippen molar-refractivity contribution in [1.29, 1.82) is 0 Å². The molecule has 1 atom stereocenters. The summed E-state index contributed by atoms with van der Waals surface area (Å²) in [5.41, 5.74) is 6.12. The van der Waals surface area contributed by atoms with Crippen LogP contribution < -0.4 is 11.1 Å². The van der Waals surface area contributed by atoms with Crippen molar-refractivity contribution in [2.75, 3.05) is 5.32 Å². The summed E-state index contributed by atoms with van der Waals surface area (Å²) >= 11 is 14.0. The van der Waals surface area contributed by atoms with Gasteiger partial charge in [0, 0.05) is 10.2 Å². The van der Waals surface area contributed by atoms with Gasteiger partial charge in [-0.25, -0.2) is 0 Å². The monoisotopic (exact) mass is 334 g/mol. The summed E-state index contributed by atoms with van der Waals surface area (Å²) in [4.78, 5) is 12.1. The number of carbonyl (C=O) groups is 1. The fraction of sp³-hybridized carbons (Fsp3) is 0.273. The summed E-state index contributed by atoms with van der Waals surface area (Å²) in [6, 6.07) is 5.18. The average Bonchev–Trinajstić information content (AvgIpc) is 2.24. The molecule has 3 nitrogen and oxygen atoms in total. The van der Waals surface area contributed by atoms with Crippen LogP contribution in [0.5, 0.6) is 0 Å². The minimum Gasteiger partial charge on any atom is -0.393 e. The predicted molar refractivity (Wildman–Crippen MR) is 78.3 cm³/mol. The highest BCUT2D eigenvalue weighted by molar-refractivity contribution is 9.10. The van der Waals surface area contributed by atoms with Crippen molar-refractivity contribution in [2.24, 2.45) is 11.7 Å². The molecule has 0 aliphatic heterocycles. The Bertz CT molecular complexity index is 453. The highest BCUT2D eigenvalue weighted by Gasteiger charge is 2.19. The molecule has 1 aromatic rings. The first kappa shape index (κ1) is 14.4. The molecule has 0 bridgehead atoms. The lowest BCUT2D eigenvalue weighted by Gasteiger charge is -2.13. The summed E-state index contributed by atoms with van der Waals surface area (Å²) in [6.07, 6.45) is 0.575.